The normalized spacial score (nSPS) is 30.5. The molecule has 1 amide bonds. The quantitative estimate of drug-likeness (QED) is 0.290. The molecule has 1 saturated heterocycles. The van der Waals surface area contributed by atoms with E-state index in [1.165, 1.54) is 32.1 Å². The fourth-order valence-electron chi connectivity index (χ4n) is 2.86. The number of thioether (sulfide) groups is 1. The standard InChI is InChI=1S/C17H27FN3O8PS/c1-11-19-13(23)5-6-21(11)16-14(24)15(25)17(9-18,29-16)10-28-30(26,20(3)4)27-7-8-31-12(2)22/h5-6,14-16,24-25H,1,7-10H2,2-4H3,(H,19,23)/t14-,15?,16+,17+,30?/m0/s1. The molecule has 5 atom stereocenters. The van der Waals surface area contributed by atoms with Crippen LogP contribution < -0.4 is 5.32 Å². The molecule has 0 aromatic carbocycles. The summed E-state index contributed by atoms with van der Waals surface area (Å²) in [5.41, 5.74) is -2.05. The van der Waals surface area contributed by atoms with Gasteiger partial charge in [0.25, 0.3) is 5.91 Å². The predicted molar refractivity (Wildman–Crippen MR) is 110 cm³/mol. The molecule has 31 heavy (non-hydrogen) atoms. The van der Waals surface area contributed by atoms with Crippen molar-refractivity contribution in [3.63, 3.8) is 0 Å². The monoisotopic (exact) mass is 483 g/mol. The summed E-state index contributed by atoms with van der Waals surface area (Å²) in [6.45, 7) is 2.97. The van der Waals surface area contributed by atoms with Crippen LogP contribution in [0.15, 0.2) is 24.7 Å². The van der Waals surface area contributed by atoms with Crippen LogP contribution in [-0.2, 0) is 27.9 Å². The third-order valence-electron chi connectivity index (χ3n) is 4.58. The van der Waals surface area contributed by atoms with Gasteiger partial charge in [0.05, 0.1) is 13.2 Å². The molecule has 2 heterocycles. The summed E-state index contributed by atoms with van der Waals surface area (Å²) in [5.74, 6) is -0.147. The van der Waals surface area contributed by atoms with Crippen LogP contribution in [0.1, 0.15) is 6.92 Å². The maximum Gasteiger partial charge on any atom is 0.407 e. The summed E-state index contributed by atoms with van der Waals surface area (Å²) in [4.78, 5) is 23.6. The van der Waals surface area contributed by atoms with Gasteiger partial charge in [-0.05, 0) is 14.1 Å². The van der Waals surface area contributed by atoms with Gasteiger partial charge < -0.3 is 25.2 Å². The second kappa shape index (κ2) is 10.5. The fraction of sp³-hybridized carbons (Fsp3) is 0.647. The van der Waals surface area contributed by atoms with E-state index in [1.807, 2.05) is 0 Å². The highest BCUT2D eigenvalue weighted by Gasteiger charge is 2.57. The second-order valence-corrected chi connectivity index (χ2v) is 10.6. The molecule has 3 N–H and O–H groups in total. The summed E-state index contributed by atoms with van der Waals surface area (Å²) >= 11 is 0.981. The van der Waals surface area contributed by atoms with E-state index in [9.17, 15) is 28.8 Å². The molecule has 2 aliphatic heterocycles. The van der Waals surface area contributed by atoms with Crippen molar-refractivity contribution in [2.45, 2.75) is 31.0 Å². The van der Waals surface area contributed by atoms with Crippen molar-refractivity contribution in [2.24, 2.45) is 0 Å². The number of carbonyl (C=O) groups is 2. The van der Waals surface area contributed by atoms with Crippen molar-refractivity contribution in [1.29, 1.82) is 0 Å². The zero-order valence-corrected chi connectivity index (χ0v) is 19.1. The van der Waals surface area contributed by atoms with Crippen LogP contribution in [0.2, 0.25) is 0 Å². The topological polar surface area (TPSA) is 138 Å². The summed E-state index contributed by atoms with van der Waals surface area (Å²) in [7, 11) is -1.06. The second-order valence-electron chi connectivity index (χ2n) is 7.06. The van der Waals surface area contributed by atoms with Crippen LogP contribution in [0, 0.1) is 0 Å². The van der Waals surface area contributed by atoms with E-state index in [1.54, 1.807) is 0 Å². The molecular weight excluding hydrogens is 456 g/mol. The Kier molecular flexibility index (Phi) is 8.82. The molecular formula is C17H27FN3O8PS. The van der Waals surface area contributed by atoms with Gasteiger partial charge in [0.2, 0.25) is 0 Å². The first kappa shape index (κ1) is 25.9. The number of hydrogen-bond acceptors (Lipinski definition) is 10. The molecule has 0 saturated carbocycles. The van der Waals surface area contributed by atoms with Crippen LogP contribution in [0.3, 0.4) is 0 Å². The van der Waals surface area contributed by atoms with E-state index in [-0.39, 0.29) is 23.3 Å². The Morgan fingerprint density at radius 3 is 2.71 bits per heavy atom. The Balaban J connectivity index is 2.12. The fourth-order valence-corrected chi connectivity index (χ4v) is 4.68. The molecule has 0 aromatic rings. The highest BCUT2D eigenvalue weighted by molar-refractivity contribution is 8.13. The molecule has 0 radical (unpaired) electrons. The molecule has 1 fully saturated rings. The average Bonchev–Trinajstić information content (AvgIpc) is 2.95. The van der Waals surface area contributed by atoms with Gasteiger partial charge in [0.1, 0.15) is 24.7 Å². The molecule has 0 aromatic heterocycles. The van der Waals surface area contributed by atoms with Crippen LogP contribution in [0.25, 0.3) is 0 Å². The number of halogens is 1. The van der Waals surface area contributed by atoms with Gasteiger partial charge in [-0.25, -0.2) is 13.6 Å². The number of ether oxygens (including phenoxy) is 1. The number of nitrogens with one attached hydrogen (secondary N) is 1. The zero-order chi connectivity index (χ0) is 23.4. The van der Waals surface area contributed by atoms with Crippen LogP contribution in [0.5, 0.6) is 0 Å². The van der Waals surface area contributed by atoms with Gasteiger partial charge >= 0.3 is 7.75 Å². The van der Waals surface area contributed by atoms with Gasteiger partial charge in [0.15, 0.2) is 16.9 Å². The summed E-state index contributed by atoms with van der Waals surface area (Å²) in [6.07, 6.45) is -2.20. The smallest absolute Gasteiger partial charge is 0.387 e. The number of nitrogens with zero attached hydrogens (tertiary/aromatic N) is 2. The first-order valence-corrected chi connectivity index (χ1v) is 11.7. The predicted octanol–water partition coefficient (Wildman–Crippen LogP) is 0.172. The van der Waals surface area contributed by atoms with Gasteiger partial charge in [-0.15, -0.1) is 0 Å². The molecule has 0 bridgehead atoms. The maximum absolute atomic E-state index is 14.1. The Labute approximate surface area is 183 Å². The van der Waals surface area contributed by atoms with Crippen molar-refractivity contribution in [3.05, 3.63) is 24.7 Å². The minimum absolute atomic E-state index is 0.0598. The van der Waals surface area contributed by atoms with E-state index >= 15 is 0 Å². The lowest BCUT2D eigenvalue weighted by Gasteiger charge is -2.34. The summed E-state index contributed by atoms with van der Waals surface area (Å²) in [5, 5.41) is 23.2. The minimum Gasteiger partial charge on any atom is -0.387 e. The Morgan fingerprint density at radius 2 is 2.16 bits per heavy atom. The van der Waals surface area contributed by atoms with Gasteiger partial charge in [-0.2, -0.15) is 0 Å². The molecule has 0 aliphatic carbocycles. The third kappa shape index (κ3) is 5.93. The Hall–Kier alpha value is -1.31. The minimum atomic E-state index is -3.91. The Bertz CT molecular complexity index is 784. The molecule has 2 unspecified atom stereocenters. The number of rotatable bonds is 10. The summed E-state index contributed by atoms with van der Waals surface area (Å²) < 4.78 is 44.5. The molecule has 2 rings (SSSR count). The SMILES string of the molecule is C=C1NC(=O)C=CN1[C@@H]1O[C@](CF)(COP(=O)(OCCSC(C)=O)N(C)C)C(O)[C@@H]1O. The molecule has 11 nitrogen and oxygen atoms in total. The lowest BCUT2D eigenvalue weighted by Crippen LogP contribution is -2.49. The zero-order valence-electron chi connectivity index (χ0n) is 17.4. The van der Waals surface area contributed by atoms with Crippen molar-refractivity contribution < 1.29 is 42.5 Å². The number of carbonyl (C=O) groups excluding carboxylic acids is 2. The molecule has 0 spiro atoms. The van der Waals surface area contributed by atoms with Crippen LogP contribution in [0.4, 0.5) is 4.39 Å². The van der Waals surface area contributed by atoms with Crippen LogP contribution in [-0.4, -0.2) is 94.6 Å². The van der Waals surface area contributed by atoms with E-state index in [0.29, 0.717) is 0 Å². The van der Waals surface area contributed by atoms with Crippen molar-refractivity contribution in [1.82, 2.24) is 14.9 Å². The number of alkyl halides is 1. The molecule has 14 heteroatoms. The number of hydrogen-bond donors (Lipinski definition) is 3. The third-order valence-corrected chi connectivity index (χ3v) is 7.30. The van der Waals surface area contributed by atoms with E-state index in [0.717, 1.165) is 22.5 Å². The largest absolute Gasteiger partial charge is 0.407 e. The van der Waals surface area contributed by atoms with E-state index in [4.69, 9.17) is 13.8 Å². The van der Waals surface area contributed by atoms with Crippen molar-refractivity contribution >= 4 is 30.5 Å². The van der Waals surface area contributed by atoms with Gasteiger partial charge in [0, 0.05) is 25.0 Å². The molecule has 176 valence electrons. The number of amides is 1. The van der Waals surface area contributed by atoms with Gasteiger partial charge in [-0.1, -0.05) is 18.3 Å². The van der Waals surface area contributed by atoms with E-state index < -0.39 is 51.0 Å². The number of aliphatic hydroxyl groups excluding tert-OH is 2. The first-order valence-electron chi connectivity index (χ1n) is 9.22. The highest BCUT2D eigenvalue weighted by atomic mass is 32.2. The average molecular weight is 483 g/mol. The summed E-state index contributed by atoms with van der Waals surface area (Å²) in [6, 6.07) is 0. The molecule has 2 aliphatic rings. The van der Waals surface area contributed by atoms with Crippen molar-refractivity contribution in [2.75, 3.05) is 39.7 Å². The lowest BCUT2D eigenvalue weighted by molar-refractivity contribution is -0.143. The van der Waals surface area contributed by atoms with E-state index in [2.05, 4.69) is 11.9 Å². The lowest BCUT2D eigenvalue weighted by atomic mass is 9.97. The van der Waals surface area contributed by atoms with Gasteiger partial charge in [-0.3, -0.25) is 18.6 Å². The number of aliphatic hydroxyl groups is 2. The van der Waals surface area contributed by atoms with Crippen molar-refractivity contribution in [3.8, 4) is 0 Å². The van der Waals surface area contributed by atoms with Crippen LogP contribution >= 0.6 is 19.5 Å². The highest BCUT2D eigenvalue weighted by Crippen LogP contribution is 2.51. The Morgan fingerprint density at radius 1 is 1.48 bits per heavy atom. The first-order chi connectivity index (χ1) is 14.5. The maximum atomic E-state index is 14.1.